The molecule has 0 heterocycles. The molecule has 0 aliphatic heterocycles. The van der Waals surface area contributed by atoms with E-state index in [1.807, 2.05) is 25.1 Å². The maximum absolute atomic E-state index is 11.8. The highest BCUT2D eigenvalue weighted by molar-refractivity contribution is 5.93. The van der Waals surface area contributed by atoms with Crippen LogP contribution in [0.2, 0.25) is 0 Å². The van der Waals surface area contributed by atoms with Crippen molar-refractivity contribution < 1.29 is 9.59 Å². The lowest BCUT2D eigenvalue weighted by atomic mass is 10.1. The quantitative estimate of drug-likeness (QED) is 0.717. The van der Waals surface area contributed by atoms with E-state index in [1.165, 1.54) is 0 Å². The lowest BCUT2D eigenvalue weighted by Crippen LogP contribution is -2.27. The van der Waals surface area contributed by atoms with Crippen LogP contribution in [0.15, 0.2) is 24.3 Å². The van der Waals surface area contributed by atoms with Gasteiger partial charge in [0, 0.05) is 25.2 Å². The summed E-state index contributed by atoms with van der Waals surface area (Å²) in [5, 5.41) is 5.37. The minimum Gasteiger partial charge on any atom is -0.359 e. The van der Waals surface area contributed by atoms with Crippen molar-refractivity contribution in [3.8, 4) is 0 Å². The molecule has 19 heavy (non-hydrogen) atoms. The number of likely N-dealkylation sites (N-methyl/N-ethyl adjacent to an activating group) is 1. The molecule has 5 nitrogen and oxygen atoms in total. The number of carbonyl (C=O) groups is 2. The number of nitrogens with two attached hydrogens (primary N) is 1. The van der Waals surface area contributed by atoms with Gasteiger partial charge in [0.05, 0.1) is 6.42 Å². The first-order chi connectivity index (χ1) is 9.06. The average molecular weight is 263 g/mol. The standard InChI is InChI=1S/C14H21N3O2/c1-3-11(15)9-14(19)17-12-7-5-4-6-10(12)8-13(18)16-2/h4-7,11H,3,8-9,15H2,1-2H3,(H,16,18)(H,17,19). The molecule has 1 rings (SSSR count). The normalized spacial score (nSPS) is 11.7. The third-order valence-corrected chi connectivity index (χ3v) is 2.89. The highest BCUT2D eigenvalue weighted by atomic mass is 16.2. The topological polar surface area (TPSA) is 84.2 Å². The van der Waals surface area contributed by atoms with Crippen LogP contribution < -0.4 is 16.4 Å². The molecule has 0 aliphatic rings. The Morgan fingerprint density at radius 2 is 1.95 bits per heavy atom. The van der Waals surface area contributed by atoms with Crippen LogP contribution >= 0.6 is 0 Å². The molecule has 1 aromatic carbocycles. The zero-order chi connectivity index (χ0) is 14.3. The fourth-order valence-electron chi connectivity index (χ4n) is 1.64. The third-order valence-electron chi connectivity index (χ3n) is 2.89. The van der Waals surface area contributed by atoms with Crippen molar-refractivity contribution in [2.75, 3.05) is 12.4 Å². The molecule has 0 spiro atoms. The number of hydrogen-bond acceptors (Lipinski definition) is 3. The number of para-hydroxylation sites is 1. The van der Waals surface area contributed by atoms with Crippen LogP contribution in [-0.4, -0.2) is 24.9 Å². The fourth-order valence-corrected chi connectivity index (χ4v) is 1.64. The molecule has 0 fully saturated rings. The van der Waals surface area contributed by atoms with E-state index in [-0.39, 0.29) is 30.7 Å². The highest BCUT2D eigenvalue weighted by Crippen LogP contribution is 2.16. The predicted octanol–water partition coefficient (Wildman–Crippen LogP) is 1.04. The molecule has 0 aliphatic carbocycles. The summed E-state index contributed by atoms with van der Waals surface area (Å²) < 4.78 is 0. The SMILES string of the molecule is CCC(N)CC(=O)Nc1ccccc1CC(=O)NC. The monoisotopic (exact) mass is 263 g/mol. The maximum Gasteiger partial charge on any atom is 0.225 e. The Bertz CT molecular complexity index is 446. The van der Waals surface area contributed by atoms with Crippen molar-refractivity contribution in [1.29, 1.82) is 0 Å². The number of carbonyl (C=O) groups excluding carboxylic acids is 2. The Balaban J connectivity index is 2.72. The zero-order valence-corrected chi connectivity index (χ0v) is 11.4. The summed E-state index contributed by atoms with van der Waals surface area (Å²) >= 11 is 0. The van der Waals surface area contributed by atoms with Gasteiger partial charge < -0.3 is 16.4 Å². The van der Waals surface area contributed by atoms with E-state index in [2.05, 4.69) is 10.6 Å². The molecule has 2 amide bonds. The van der Waals surface area contributed by atoms with Crippen molar-refractivity contribution >= 4 is 17.5 Å². The number of nitrogens with one attached hydrogen (secondary N) is 2. The average Bonchev–Trinajstić information content (AvgIpc) is 2.40. The smallest absolute Gasteiger partial charge is 0.225 e. The largest absolute Gasteiger partial charge is 0.359 e. The van der Waals surface area contributed by atoms with E-state index in [0.29, 0.717) is 5.69 Å². The molecule has 0 saturated heterocycles. The summed E-state index contributed by atoms with van der Waals surface area (Å²) in [6.45, 7) is 1.94. The number of amides is 2. The molecule has 5 heteroatoms. The second-order valence-corrected chi connectivity index (χ2v) is 4.43. The van der Waals surface area contributed by atoms with Crippen LogP contribution in [0.4, 0.5) is 5.69 Å². The predicted molar refractivity (Wildman–Crippen MR) is 75.7 cm³/mol. The Kier molecular flexibility index (Phi) is 6.02. The number of anilines is 1. The molecule has 4 N–H and O–H groups in total. The van der Waals surface area contributed by atoms with Crippen LogP contribution in [0.1, 0.15) is 25.3 Å². The summed E-state index contributed by atoms with van der Waals surface area (Å²) in [5.41, 5.74) is 7.20. The van der Waals surface area contributed by atoms with E-state index in [1.54, 1.807) is 13.1 Å². The third kappa shape index (κ3) is 5.09. The van der Waals surface area contributed by atoms with E-state index in [9.17, 15) is 9.59 Å². The zero-order valence-electron chi connectivity index (χ0n) is 11.4. The van der Waals surface area contributed by atoms with Crippen LogP contribution in [0.3, 0.4) is 0 Å². The van der Waals surface area contributed by atoms with Crippen LogP contribution in [0, 0.1) is 0 Å². The van der Waals surface area contributed by atoms with Crippen molar-refractivity contribution in [3.63, 3.8) is 0 Å². The lowest BCUT2D eigenvalue weighted by molar-refractivity contribution is -0.120. The minimum atomic E-state index is -0.133. The molecular formula is C14H21N3O2. The van der Waals surface area contributed by atoms with E-state index >= 15 is 0 Å². The Morgan fingerprint density at radius 3 is 2.58 bits per heavy atom. The van der Waals surface area contributed by atoms with Gasteiger partial charge in [-0.1, -0.05) is 25.1 Å². The van der Waals surface area contributed by atoms with E-state index < -0.39 is 0 Å². The summed E-state index contributed by atoms with van der Waals surface area (Å²) in [7, 11) is 1.59. The van der Waals surface area contributed by atoms with E-state index in [4.69, 9.17) is 5.73 Å². The summed E-state index contributed by atoms with van der Waals surface area (Å²) in [5.74, 6) is -0.217. The minimum absolute atomic E-state index is 0.0908. The summed E-state index contributed by atoms with van der Waals surface area (Å²) in [4.78, 5) is 23.2. The molecule has 1 atom stereocenters. The summed E-state index contributed by atoms with van der Waals surface area (Å²) in [6, 6.07) is 7.14. The molecule has 1 unspecified atom stereocenters. The molecular weight excluding hydrogens is 242 g/mol. The van der Waals surface area contributed by atoms with Gasteiger partial charge in [0.15, 0.2) is 0 Å². The number of benzene rings is 1. The van der Waals surface area contributed by atoms with E-state index in [0.717, 1.165) is 12.0 Å². The highest BCUT2D eigenvalue weighted by Gasteiger charge is 2.11. The van der Waals surface area contributed by atoms with Crippen molar-refractivity contribution in [1.82, 2.24) is 5.32 Å². The first-order valence-electron chi connectivity index (χ1n) is 6.40. The Morgan fingerprint density at radius 1 is 1.26 bits per heavy atom. The number of hydrogen-bond donors (Lipinski definition) is 3. The second kappa shape index (κ2) is 7.53. The van der Waals surface area contributed by atoms with Gasteiger partial charge in [0.25, 0.3) is 0 Å². The summed E-state index contributed by atoms with van der Waals surface area (Å²) in [6.07, 6.45) is 1.28. The number of rotatable bonds is 6. The van der Waals surface area contributed by atoms with Gasteiger partial charge in [0.2, 0.25) is 11.8 Å². The van der Waals surface area contributed by atoms with Crippen molar-refractivity contribution in [3.05, 3.63) is 29.8 Å². The Labute approximate surface area is 113 Å². The molecule has 0 radical (unpaired) electrons. The van der Waals surface area contributed by atoms with Crippen LogP contribution in [0.5, 0.6) is 0 Å². The van der Waals surface area contributed by atoms with Crippen molar-refractivity contribution in [2.24, 2.45) is 5.73 Å². The second-order valence-electron chi connectivity index (χ2n) is 4.43. The first-order valence-corrected chi connectivity index (χ1v) is 6.40. The first kappa shape index (κ1) is 15.2. The molecule has 0 aromatic heterocycles. The van der Waals surface area contributed by atoms with Crippen molar-refractivity contribution in [2.45, 2.75) is 32.2 Å². The molecule has 104 valence electrons. The maximum atomic E-state index is 11.8. The van der Waals surface area contributed by atoms with Gasteiger partial charge in [0.1, 0.15) is 0 Å². The Hall–Kier alpha value is -1.88. The van der Waals surface area contributed by atoms with Gasteiger partial charge in [-0.05, 0) is 18.1 Å². The van der Waals surface area contributed by atoms with Gasteiger partial charge in [-0.3, -0.25) is 9.59 Å². The van der Waals surface area contributed by atoms with Gasteiger partial charge in [-0.15, -0.1) is 0 Å². The van der Waals surface area contributed by atoms with Gasteiger partial charge in [-0.25, -0.2) is 0 Å². The molecule has 0 bridgehead atoms. The van der Waals surface area contributed by atoms with Gasteiger partial charge >= 0.3 is 0 Å². The van der Waals surface area contributed by atoms with Gasteiger partial charge in [-0.2, -0.15) is 0 Å². The lowest BCUT2D eigenvalue weighted by Gasteiger charge is -2.12. The van der Waals surface area contributed by atoms with Crippen LogP contribution in [0.25, 0.3) is 0 Å². The molecule has 1 aromatic rings. The van der Waals surface area contributed by atoms with Crippen LogP contribution in [-0.2, 0) is 16.0 Å². The molecule has 0 saturated carbocycles. The fraction of sp³-hybridized carbons (Fsp3) is 0.429.